The van der Waals surface area contributed by atoms with Crippen molar-refractivity contribution in [3.8, 4) is 11.1 Å². The Balaban J connectivity index is 2.32. The molecule has 0 spiro atoms. The van der Waals surface area contributed by atoms with Gasteiger partial charge < -0.3 is 15.2 Å². The van der Waals surface area contributed by atoms with Crippen LogP contribution in [-0.2, 0) is 16.6 Å². The first-order valence-electron chi connectivity index (χ1n) is 9.90. The van der Waals surface area contributed by atoms with Crippen LogP contribution in [0.5, 0.6) is 0 Å². The largest absolute Gasteiger partial charge is 0.345 e. The van der Waals surface area contributed by atoms with Crippen LogP contribution in [0.15, 0.2) is 53.2 Å². The molecule has 0 radical (unpaired) electrons. The van der Waals surface area contributed by atoms with Crippen LogP contribution < -0.4 is 10.5 Å². The maximum Gasteiger partial charge on any atom is 0.253 e. The summed E-state index contributed by atoms with van der Waals surface area (Å²) in [6.07, 6.45) is 1.28. The summed E-state index contributed by atoms with van der Waals surface area (Å²) in [4.78, 5) is 18.9. The van der Waals surface area contributed by atoms with Gasteiger partial charge in [0, 0.05) is 31.8 Å². The number of carbonyl (C=O) groups excluding carboxylic acids is 1. The number of nitrogens with zero attached hydrogens (tertiary/aromatic N) is 3. The molecule has 3 rings (SSSR count). The number of nitrogens with two attached hydrogens (primary N) is 1. The van der Waals surface area contributed by atoms with E-state index in [1.54, 1.807) is 49.9 Å². The second-order valence-corrected chi connectivity index (χ2v) is 9.34. The number of amides is 1. The van der Waals surface area contributed by atoms with E-state index < -0.39 is 15.9 Å². The van der Waals surface area contributed by atoms with E-state index in [1.165, 1.54) is 30.2 Å². The predicted octanol–water partition coefficient (Wildman–Crippen LogP) is 2.43. The highest BCUT2D eigenvalue weighted by Crippen LogP contribution is 2.32. The molecule has 2 aromatic carbocycles. The van der Waals surface area contributed by atoms with Crippen LogP contribution in [0.4, 0.5) is 4.39 Å². The predicted molar refractivity (Wildman–Crippen MR) is 122 cm³/mol. The van der Waals surface area contributed by atoms with E-state index in [2.05, 4.69) is 9.71 Å². The lowest BCUT2D eigenvalue weighted by molar-refractivity contribution is 0.0827. The van der Waals surface area contributed by atoms with Crippen LogP contribution in [0.1, 0.15) is 16.2 Å². The smallest absolute Gasteiger partial charge is 0.253 e. The fourth-order valence-corrected chi connectivity index (χ4v) is 4.21. The van der Waals surface area contributed by atoms with Crippen molar-refractivity contribution in [3.63, 3.8) is 0 Å². The molecule has 1 heterocycles. The third-order valence-corrected chi connectivity index (χ3v) is 6.48. The van der Waals surface area contributed by atoms with Gasteiger partial charge in [0.05, 0.1) is 22.5 Å². The minimum atomic E-state index is -3.67. The van der Waals surface area contributed by atoms with Crippen LogP contribution in [0.3, 0.4) is 0 Å². The summed E-state index contributed by atoms with van der Waals surface area (Å²) in [6.45, 7) is 1.74. The Morgan fingerprint density at radius 2 is 2.00 bits per heavy atom. The zero-order valence-corrected chi connectivity index (χ0v) is 19.2. The molecule has 0 atom stereocenters. The monoisotopic (exact) mass is 459 g/mol. The summed E-state index contributed by atoms with van der Waals surface area (Å²) < 4.78 is 42.9. The lowest BCUT2D eigenvalue weighted by Gasteiger charge is -2.14. The Kier molecular flexibility index (Phi) is 6.77. The number of carbonyl (C=O) groups is 1. The second-order valence-electron chi connectivity index (χ2n) is 7.46. The summed E-state index contributed by atoms with van der Waals surface area (Å²) in [5, 5.41) is 0. The van der Waals surface area contributed by atoms with Crippen molar-refractivity contribution in [2.24, 2.45) is 5.73 Å². The summed E-state index contributed by atoms with van der Waals surface area (Å²) >= 11 is 0. The number of nitrogens with one attached hydrogen (secondary N) is 1. The lowest BCUT2D eigenvalue weighted by Crippen LogP contribution is -2.21. The van der Waals surface area contributed by atoms with Crippen molar-refractivity contribution >= 4 is 27.0 Å². The van der Waals surface area contributed by atoms with E-state index in [9.17, 15) is 17.6 Å². The number of rotatable bonds is 7. The topological polar surface area (TPSA) is 110 Å². The Morgan fingerprint density at radius 1 is 1.28 bits per heavy atom. The number of aryl methyl sites for hydroxylation is 1. The highest BCUT2D eigenvalue weighted by molar-refractivity contribution is 7.89. The maximum absolute atomic E-state index is 14.3. The molecule has 10 heteroatoms. The number of benzene rings is 2. The van der Waals surface area contributed by atoms with Gasteiger partial charge in [0.1, 0.15) is 11.7 Å². The number of halogens is 1. The minimum Gasteiger partial charge on any atom is -0.345 e. The summed E-state index contributed by atoms with van der Waals surface area (Å²) in [5.74, 6) is -0.103. The van der Waals surface area contributed by atoms with Crippen LogP contribution in [0.25, 0.3) is 22.2 Å². The maximum atomic E-state index is 14.3. The quantitative estimate of drug-likeness (QED) is 0.564. The Labute approximate surface area is 186 Å². The molecule has 0 aliphatic rings. The molecule has 1 aromatic heterocycles. The number of hydrogen-bond donors (Lipinski definition) is 2. The minimum absolute atomic E-state index is 0.0693. The standard InChI is InChI=1S/C22H26FN5O3S/c1-14-26-21-19(15-6-5-7-18(10-15)32(30,31)25-2)11-16(22(29)27(3)4)12-20(21)28(14)13-17(23)8-9-24/h5-8,10-12,25H,9,13,24H2,1-4H3/b17-8-. The number of imidazole rings is 1. The zero-order chi connectivity index (χ0) is 23.6. The molecular weight excluding hydrogens is 433 g/mol. The van der Waals surface area contributed by atoms with E-state index >= 15 is 0 Å². The van der Waals surface area contributed by atoms with Crippen LogP contribution in [-0.4, -0.2) is 56.5 Å². The van der Waals surface area contributed by atoms with E-state index in [1.807, 2.05) is 0 Å². The lowest BCUT2D eigenvalue weighted by atomic mass is 10.0. The van der Waals surface area contributed by atoms with Gasteiger partial charge in [-0.2, -0.15) is 0 Å². The molecule has 1 amide bonds. The van der Waals surface area contributed by atoms with Crippen molar-refractivity contribution < 1.29 is 17.6 Å². The van der Waals surface area contributed by atoms with E-state index in [0.29, 0.717) is 33.5 Å². The number of aromatic nitrogens is 2. The molecule has 0 bridgehead atoms. The number of hydrogen-bond acceptors (Lipinski definition) is 5. The van der Waals surface area contributed by atoms with Gasteiger partial charge in [-0.05, 0) is 49.9 Å². The molecule has 0 aliphatic heterocycles. The van der Waals surface area contributed by atoms with E-state index in [0.717, 1.165) is 0 Å². The average molecular weight is 460 g/mol. The van der Waals surface area contributed by atoms with Gasteiger partial charge >= 0.3 is 0 Å². The Morgan fingerprint density at radius 3 is 2.62 bits per heavy atom. The van der Waals surface area contributed by atoms with Gasteiger partial charge in [-0.25, -0.2) is 22.5 Å². The van der Waals surface area contributed by atoms with Crippen molar-refractivity contribution in [2.75, 3.05) is 27.7 Å². The molecule has 0 saturated carbocycles. The fraction of sp³-hybridized carbons (Fsp3) is 0.273. The Hall–Kier alpha value is -3.08. The van der Waals surface area contributed by atoms with Crippen LogP contribution in [0.2, 0.25) is 0 Å². The first-order valence-corrected chi connectivity index (χ1v) is 11.4. The van der Waals surface area contributed by atoms with Gasteiger partial charge in [0.25, 0.3) is 5.91 Å². The first kappa shape index (κ1) is 23.6. The molecular formula is C22H26FN5O3S. The van der Waals surface area contributed by atoms with Crippen molar-refractivity contribution in [3.05, 3.63) is 59.7 Å². The number of allylic oxidation sites excluding steroid dienone is 1. The summed E-state index contributed by atoms with van der Waals surface area (Å²) in [5.41, 5.74) is 8.05. The second kappa shape index (κ2) is 9.19. The van der Waals surface area contributed by atoms with Crippen molar-refractivity contribution in [1.29, 1.82) is 0 Å². The molecule has 32 heavy (non-hydrogen) atoms. The highest BCUT2D eigenvalue weighted by atomic mass is 32.2. The van der Waals surface area contributed by atoms with E-state index in [4.69, 9.17) is 5.73 Å². The zero-order valence-electron chi connectivity index (χ0n) is 18.4. The SMILES string of the molecule is CNS(=O)(=O)c1cccc(-c2cc(C(=O)N(C)C)cc3c2nc(C)n3C/C(F)=C/CN)c1. The fourth-order valence-electron chi connectivity index (χ4n) is 3.43. The van der Waals surface area contributed by atoms with Crippen LogP contribution in [0, 0.1) is 6.92 Å². The molecule has 0 aliphatic carbocycles. The summed E-state index contributed by atoms with van der Waals surface area (Å²) in [6, 6.07) is 9.73. The molecule has 0 fully saturated rings. The normalized spacial score (nSPS) is 12.4. The number of sulfonamides is 1. The molecule has 3 N–H and O–H groups in total. The summed E-state index contributed by atoms with van der Waals surface area (Å²) in [7, 11) is 0.946. The van der Waals surface area contributed by atoms with Gasteiger partial charge in [0.15, 0.2) is 0 Å². The van der Waals surface area contributed by atoms with Crippen molar-refractivity contribution in [1.82, 2.24) is 19.2 Å². The Bertz CT molecular complexity index is 1310. The van der Waals surface area contributed by atoms with E-state index in [-0.39, 0.29) is 23.9 Å². The first-order chi connectivity index (χ1) is 15.1. The van der Waals surface area contributed by atoms with Gasteiger partial charge in [0.2, 0.25) is 10.0 Å². The average Bonchev–Trinajstić information content (AvgIpc) is 3.07. The number of fused-ring (bicyclic) bond motifs is 1. The third kappa shape index (κ3) is 4.57. The highest BCUT2D eigenvalue weighted by Gasteiger charge is 2.20. The van der Waals surface area contributed by atoms with Gasteiger partial charge in [-0.1, -0.05) is 12.1 Å². The van der Waals surface area contributed by atoms with Crippen LogP contribution >= 0.6 is 0 Å². The molecule has 8 nitrogen and oxygen atoms in total. The van der Waals surface area contributed by atoms with Crippen molar-refractivity contribution in [2.45, 2.75) is 18.4 Å². The molecule has 170 valence electrons. The molecule has 3 aromatic rings. The van der Waals surface area contributed by atoms with Gasteiger partial charge in [-0.3, -0.25) is 4.79 Å². The third-order valence-electron chi connectivity index (χ3n) is 5.07. The molecule has 0 unspecified atom stereocenters. The van der Waals surface area contributed by atoms with Gasteiger partial charge in [-0.15, -0.1) is 0 Å². The molecule has 0 saturated heterocycles.